The Kier molecular flexibility index (Phi) is 6.11. The highest BCUT2D eigenvalue weighted by molar-refractivity contribution is 6.35. The smallest absolute Gasteiger partial charge is 0.410 e. The molecule has 2 atom stereocenters. The average molecular weight is 378 g/mol. The Balaban J connectivity index is 2.10. The van der Waals surface area contributed by atoms with E-state index in [-0.39, 0.29) is 34.8 Å². The first kappa shape index (κ1) is 19.0. The van der Waals surface area contributed by atoms with E-state index in [0.29, 0.717) is 13.0 Å². The van der Waals surface area contributed by atoms with Crippen molar-refractivity contribution >= 4 is 29.3 Å². The molecule has 7 nitrogen and oxygen atoms in total. The molecule has 2 rings (SSSR count). The summed E-state index contributed by atoms with van der Waals surface area (Å²) < 4.78 is 16.6. The van der Waals surface area contributed by atoms with Crippen molar-refractivity contribution in [3.63, 3.8) is 0 Å². The second-order valence-corrected chi connectivity index (χ2v) is 7.12. The number of methoxy groups -OCH3 is 1. The Bertz CT molecular complexity index is 574. The van der Waals surface area contributed by atoms with Gasteiger partial charge in [-0.15, -0.1) is 0 Å². The van der Waals surface area contributed by atoms with E-state index < -0.39 is 11.7 Å². The molecule has 0 unspecified atom stereocenters. The largest absolute Gasteiger partial charge is 0.485 e. The van der Waals surface area contributed by atoms with E-state index in [2.05, 4.69) is 9.97 Å². The third-order valence-corrected chi connectivity index (χ3v) is 4.07. The molecule has 1 aliphatic heterocycles. The predicted octanol–water partition coefficient (Wildman–Crippen LogP) is 3.19. The van der Waals surface area contributed by atoms with Gasteiger partial charge in [-0.2, -0.15) is 0 Å². The van der Waals surface area contributed by atoms with Crippen LogP contribution in [0.5, 0.6) is 5.75 Å². The Hall–Kier alpha value is -1.31. The van der Waals surface area contributed by atoms with Gasteiger partial charge in [0.05, 0.1) is 12.1 Å². The lowest BCUT2D eigenvalue weighted by atomic mass is 10.2. The highest BCUT2D eigenvalue weighted by atomic mass is 35.5. The molecule has 1 aliphatic rings. The normalized spacial score (nSPS) is 21.0. The van der Waals surface area contributed by atoms with Crippen LogP contribution in [-0.4, -0.2) is 59.0 Å². The van der Waals surface area contributed by atoms with Gasteiger partial charge < -0.3 is 14.2 Å². The van der Waals surface area contributed by atoms with E-state index in [1.807, 2.05) is 20.8 Å². The fourth-order valence-corrected chi connectivity index (χ4v) is 2.89. The lowest BCUT2D eigenvalue weighted by molar-refractivity contribution is 0.00187. The number of hydrogen-bond donors (Lipinski definition) is 0. The van der Waals surface area contributed by atoms with Gasteiger partial charge in [0.15, 0.2) is 16.1 Å². The number of aromatic nitrogens is 2. The van der Waals surface area contributed by atoms with Gasteiger partial charge in [0, 0.05) is 13.7 Å². The van der Waals surface area contributed by atoms with Gasteiger partial charge in [-0.3, -0.25) is 4.90 Å². The molecule has 0 spiro atoms. The number of carbonyl (C=O) groups excluding carboxylic acids is 1. The fourth-order valence-electron chi connectivity index (χ4n) is 2.47. The molecule has 0 N–H and O–H groups in total. The highest BCUT2D eigenvalue weighted by Crippen LogP contribution is 2.30. The molecule has 1 fully saturated rings. The topological polar surface area (TPSA) is 73.8 Å². The van der Waals surface area contributed by atoms with Crippen LogP contribution in [0.3, 0.4) is 0 Å². The van der Waals surface area contributed by atoms with Gasteiger partial charge in [-0.05, 0) is 27.2 Å². The Labute approximate surface area is 151 Å². The first-order chi connectivity index (χ1) is 11.2. The molecular weight excluding hydrogens is 357 g/mol. The average Bonchev–Trinajstić information content (AvgIpc) is 2.88. The quantitative estimate of drug-likeness (QED) is 0.750. The van der Waals surface area contributed by atoms with Crippen molar-refractivity contribution in [1.82, 2.24) is 14.9 Å². The number of rotatable bonds is 4. The van der Waals surface area contributed by atoms with E-state index in [9.17, 15) is 4.79 Å². The van der Waals surface area contributed by atoms with Crippen molar-refractivity contribution < 1.29 is 19.0 Å². The van der Waals surface area contributed by atoms with Gasteiger partial charge in [0.1, 0.15) is 18.5 Å². The first-order valence-electron chi connectivity index (χ1n) is 7.54. The Morgan fingerprint density at radius 1 is 1.33 bits per heavy atom. The van der Waals surface area contributed by atoms with Crippen LogP contribution in [0, 0.1) is 0 Å². The standard InChI is InChI=1S/C15H21Cl2N3O4/c1-15(2,3)24-14(21)20-6-5-10(22-4)9(20)7-23-11-12(16)18-8-19-13(11)17/h8-10H,5-7H2,1-4H3/t9-,10+/m1/s1. The summed E-state index contributed by atoms with van der Waals surface area (Å²) >= 11 is 11.9. The molecule has 0 bridgehead atoms. The summed E-state index contributed by atoms with van der Waals surface area (Å²) in [6.07, 6.45) is 1.37. The molecule has 1 aromatic heterocycles. The van der Waals surface area contributed by atoms with Crippen molar-refractivity contribution in [3.8, 4) is 5.75 Å². The minimum absolute atomic E-state index is 0.116. The number of amides is 1. The maximum Gasteiger partial charge on any atom is 0.410 e. The van der Waals surface area contributed by atoms with Crippen molar-refractivity contribution in [3.05, 3.63) is 16.6 Å². The van der Waals surface area contributed by atoms with Gasteiger partial charge in [-0.25, -0.2) is 14.8 Å². The summed E-state index contributed by atoms with van der Waals surface area (Å²) in [6.45, 7) is 6.13. The van der Waals surface area contributed by atoms with Crippen molar-refractivity contribution in [2.45, 2.75) is 44.9 Å². The predicted molar refractivity (Wildman–Crippen MR) is 89.7 cm³/mol. The second-order valence-electron chi connectivity index (χ2n) is 6.40. The van der Waals surface area contributed by atoms with Crippen LogP contribution in [0.25, 0.3) is 0 Å². The molecule has 2 heterocycles. The zero-order valence-corrected chi connectivity index (χ0v) is 15.6. The van der Waals surface area contributed by atoms with E-state index in [1.165, 1.54) is 6.33 Å². The molecule has 0 aromatic carbocycles. The summed E-state index contributed by atoms with van der Waals surface area (Å²) in [4.78, 5) is 21.7. The van der Waals surface area contributed by atoms with E-state index >= 15 is 0 Å². The molecular formula is C15H21Cl2N3O4. The number of ether oxygens (including phenoxy) is 3. The van der Waals surface area contributed by atoms with Crippen LogP contribution in [0.2, 0.25) is 10.3 Å². The van der Waals surface area contributed by atoms with Crippen molar-refractivity contribution in [1.29, 1.82) is 0 Å². The second kappa shape index (κ2) is 7.72. The molecule has 24 heavy (non-hydrogen) atoms. The maximum absolute atomic E-state index is 12.4. The number of likely N-dealkylation sites (tertiary alicyclic amines) is 1. The summed E-state index contributed by atoms with van der Waals surface area (Å²) in [5, 5.41) is 0.233. The Morgan fingerprint density at radius 2 is 1.96 bits per heavy atom. The Morgan fingerprint density at radius 3 is 2.50 bits per heavy atom. The summed E-state index contributed by atoms with van der Waals surface area (Å²) in [6, 6.07) is -0.322. The third kappa shape index (κ3) is 4.62. The number of nitrogens with zero attached hydrogens (tertiary/aromatic N) is 3. The zero-order valence-electron chi connectivity index (χ0n) is 14.1. The molecule has 134 valence electrons. The van der Waals surface area contributed by atoms with Gasteiger partial charge in [0.25, 0.3) is 0 Å². The molecule has 1 amide bonds. The van der Waals surface area contributed by atoms with Crippen LogP contribution in [0.1, 0.15) is 27.2 Å². The van der Waals surface area contributed by atoms with E-state index in [0.717, 1.165) is 0 Å². The van der Waals surface area contributed by atoms with E-state index in [1.54, 1.807) is 12.0 Å². The van der Waals surface area contributed by atoms with Crippen LogP contribution >= 0.6 is 23.2 Å². The molecule has 9 heteroatoms. The van der Waals surface area contributed by atoms with Crippen molar-refractivity contribution in [2.24, 2.45) is 0 Å². The van der Waals surface area contributed by atoms with Crippen LogP contribution in [0.15, 0.2) is 6.33 Å². The summed E-state index contributed by atoms with van der Waals surface area (Å²) in [5.74, 6) is 0.187. The van der Waals surface area contributed by atoms with Crippen molar-refractivity contribution in [2.75, 3.05) is 20.3 Å². The monoisotopic (exact) mass is 377 g/mol. The van der Waals surface area contributed by atoms with Crippen LogP contribution < -0.4 is 4.74 Å². The molecule has 0 saturated carbocycles. The van der Waals surface area contributed by atoms with Gasteiger partial charge in [0.2, 0.25) is 0 Å². The molecule has 0 aliphatic carbocycles. The third-order valence-electron chi connectivity index (χ3n) is 3.53. The SMILES string of the molecule is CO[C@H]1CCN(C(=O)OC(C)(C)C)[C@@H]1COc1c(Cl)ncnc1Cl. The molecule has 1 saturated heterocycles. The lowest BCUT2D eigenvalue weighted by Crippen LogP contribution is -2.46. The van der Waals surface area contributed by atoms with E-state index in [4.69, 9.17) is 37.4 Å². The minimum atomic E-state index is -0.576. The maximum atomic E-state index is 12.4. The first-order valence-corrected chi connectivity index (χ1v) is 8.29. The highest BCUT2D eigenvalue weighted by Gasteiger charge is 2.40. The lowest BCUT2D eigenvalue weighted by Gasteiger charge is -2.30. The van der Waals surface area contributed by atoms with Crippen LogP contribution in [0.4, 0.5) is 4.79 Å². The van der Waals surface area contributed by atoms with Gasteiger partial charge >= 0.3 is 6.09 Å². The minimum Gasteiger partial charge on any atom is -0.485 e. The number of halogens is 2. The van der Waals surface area contributed by atoms with Crippen LogP contribution in [-0.2, 0) is 9.47 Å². The summed E-state index contributed by atoms with van der Waals surface area (Å²) in [5.41, 5.74) is -0.576. The number of carbonyl (C=O) groups is 1. The molecule has 1 aromatic rings. The fraction of sp³-hybridized carbons (Fsp3) is 0.667. The molecule has 0 radical (unpaired) electrons. The van der Waals surface area contributed by atoms with Gasteiger partial charge in [-0.1, -0.05) is 23.2 Å². The summed E-state index contributed by atoms with van der Waals surface area (Å²) in [7, 11) is 1.60. The zero-order chi connectivity index (χ0) is 17.9. The number of hydrogen-bond acceptors (Lipinski definition) is 6.